The number of hydroxylamine groups is 1. The highest BCUT2D eigenvalue weighted by Crippen LogP contribution is 2.37. The summed E-state index contributed by atoms with van der Waals surface area (Å²) in [5.74, 6) is 1.43. The Morgan fingerprint density at radius 2 is 1.94 bits per heavy atom. The highest BCUT2D eigenvalue weighted by molar-refractivity contribution is 9.10. The zero-order chi connectivity index (χ0) is 12.1. The minimum absolute atomic E-state index is 0.557. The highest BCUT2D eigenvalue weighted by Gasteiger charge is 2.15. The second-order valence-corrected chi connectivity index (χ2v) is 4.08. The van der Waals surface area contributed by atoms with Crippen LogP contribution in [0.3, 0.4) is 0 Å². The lowest BCUT2D eigenvalue weighted by atomic mass is 10.1. The Labute approximate surface area is 104 Å². The summed E-state index contributed by atoms with van der Waals surface area (Å²) in [6, 6.07) is 1.89. The van der Waals surface area contributed by atoms with Gasteiger partial charge < -0.3 is 14.3 Å². The van der Waals surface area contributed by atoms with Gasteiger partial charge in [0.1, 0.15) is 0 Å². The monoisotopic (exact) mass is 289 g/mol. The van der Waals surface area contributed by atoms with Gasteiger partial charge in [-0.2, -0.15) is 5.48 Å². The molecule has 0 aliphatic rings. The van der Waals surface area contributed by atoms with E-state index < -0.39 is 0 Å². The first-order chi connectivity index (χ1) is 7.65. The van der Waals surface area contributed by atoms with Crippen LogP contribution in [0.15, 0.2) is 10.5 Å². The summed E-state index contributed by atoms with van der Waals surface area (Å²) >= 11 is 3.49. The van der Waals surface area contributed by atoms with E-state index in [1.54, 1.807) is 21.3 Å². The van der Waals surface area contributed by atoms with Crippen molar-refractivity contribution in [3.8, 4) is 11.5 Å². The van der Waals surface area contributed by atoms with Crippen molar-refractivity contribution in [3.63, 3.8) is 0 Å². The first kappa shape index (κ1) is 13.3. The zero-order valence-electron chi connectivity index (χ0n) is 9.89. The molecule has 90 valence electrons. The molecule has 0 radical (unpaired) electrons. The van der Waals surface area contributed by atoms with E-state index in [2.05, 4.69) is 21.4 Å². The van der Waals surface area contributed by atoms with Crippen LogP contribution in [-0.2, 0) is 11.4 Å². The van der Waals surface area contributed by atoms with Crippen LogP contribution in [0.4, 0.5) is 0 Å². The van der Waals surface area contributed by atoms with Crippen LogP contribution in [0, 0.1) is 6.92 Å². The molecular formula is C11H16BrNO3. The molecule has 0 heterocycles. The maximum Gasteiger partial charge on any atom is 0.165 e. The largest absolute Gasteiger partial charge is 0.493 e. The Hall–Kier alpha value is -0.780. The summed E-state index contributed by atoms with van der Waals surface area (Å²) in [5, 5.41) is 0. The molecule has 0 atom stereocenters. The smallest absolute Gasteiger partial charge is 0.165 e. The van der Waals surface area contributed by atoms with Crippen LogP contribution in [0.1, 0.15) is 11.1 Å². The lowest BCUT2D eigenvalue weighted by molar-refractivity contribution is 0.0859. The fourth-order valence-electron chi connectivity index (χ4n) is 1.48. The maximum atomic E-state index is 5.36. The fraction of sp³-hybridized carbons (Fsp3) is 0.455. The van der Waals surface area contributed by atoms with Gasteiger partial charge in [0.25, 0.3) is 0 Å². The van der Waals surface area contributed by atoms with Crippen molar-refractivity contribution in [2.24, 2.45) is 0 Å². The van der Waals surface area contributed by atoms with E-state index in [1.807, 2.05) is 13.0 Å². The molecule has 1 rings (SSSR count). The molecule has 0 spiro atoms. The lowest BCUT2D eigenvalue weighted by Gasteiger charge is -2.16. The van der Waals surface area contributed by atoms with E-state index in [1.165, 1.54) is 0 Å². The quantitative estimate of drug-likeness (QED) is 0.845. The number of ether oxygens (including phenoxy) is 2. The molecule has 1 aromatic rings. The summed E-state index contributed by atoms with van der Waals surface area (Å²) in [6.07, 6.45) is 0. The Morgan fingerprint density at radius 1 is 1.25 bits per heavy atom. The molecule has 0 bridgehead atoms. The van der Waals surface area contributed by atoms with Gasteiger partial charge in [-0.15, -0.1) is 0 Å². The first-order valence-electron chi connectivity index (χ1n) is 4.81. The van der Waals surface area contributed by atoms with E-state index in [0.717, 1.165) is 21.3 Å². The fourth-order valence-corrected chi connectivity index (χ4v) is 1.93. The van der Waals surface area contributed by atoms with Crippen LogP contribution in [0.5, 0.6) is 11.5 Å². The molecule has 1 N–H and O–H groups in total. The van der Waals surface area contributed by atoms with Crippen molar-refractivity contribution in [3.05, 3.63) is 21.7 Å². The number of benzene rings is 1. The average Bonchev–Trinajstić information content (AvgIpc) is 2.30. The van der Waals surface area contributed by atoms with E-state index in [9.17, 15) is 0 Å². The number of nitrogens with one attached hydrogen (secondary N) is 1. The standard InChI is InChI=1S/C11H16BrNO3/c1-7-8(6-13-16-4)11(15-3)10(14-2)5-9(7)12/h5,13H,6H2,1-4H3. The predicted molar refractivity (Wildman–Crippen MR) is 65.8 cm³/mol. The Morgan fingerprint density at radius 3 is 2.44 bits per heavy atom. The van der Waals surface area contributed by atoms with Gasteiger partial charge in [-0.3, -0.25) is 0 Å². The van der Waals surface area contributed by atoms with Gasteiger partial charge in [0.15, 0.2) is 11.5 Å². The van der Waals surface area contributed by atoms with Crippen molar-refractivity contribution in [1.82, 2.24) is 5.48 Å². The van der Waals surface area contributed by atoms with E-state index in [-0.39, 0.29) is 0 Å². The molecule has 5 heteroatoms. The van der Waals surface area contributed by atoms with Gasteiger partial charge in [-0.25, -0.2) is 0 Å². The van der Waals surface area contributed by atoms with Crippen LogP contribution in [-0.4, -0.2) is 21.3 Å². The minimum Gasteiger partial charge on any atom is -0.493 e. The summed E-state index contributed by atoms with van der Waals surface area (Å²) in [7, 11) is 4.83. The van der Waals surface area contributed by atoms with Gasteiger partial charge in [0, 0.05) is 10.0 Å². The van der Waals surface area contributed by atoms with Gasteiger partial charge >= 0.3 is 0 Å². The molecule has 0 amide bonds. The normalized spacial score (nSPS) is 10.3. The van der Waals surface area contributed by atoms with Gasteiger partial charge in [-0.05, 0) is 18.6 Å². The third-order valence-electron chi connectivity index (χ3n) is 2.38. The minimum atomic E-state index is 0.557. The summed E-state index contributed by atoms with van der Waals surface area (Å²) < 4.78 is 11.6. The molecule has 0 aromatic heterocycles. The Bertz CT molecular complexity index is 369. The van der Waals surface area contributed by atoms with E-state index in [4.69, 9.17) is 14.3 Å². The second-order valence-electron chi connectivity index (χ2n) is 3.22. The number of halogens is 1. The van der Waals surface area contributed by atoms with Crippen LogP contribution in [0.2, 0.25) is 0 Å². The molecule has 0 saturated carbocycles. The van der Waals surface area contributed by atoms with Gasteiger partial charge in [-0.1, -0.05) is 15.9 Å². The molecule has 0 aliphatic heterocycles. The summed E-state index contributed by atoms with van der Waals surface area (Å²) in [4.78, 5) is 4.85. The topological polar surface area (TPSA) is 39.7 Å². The maximum absolute atomic E-state index is 5.36. The Balaban J connectivity index is 3.23. The predicted octanol–water partition coefficient (Wildman–Crippen LogP) is 2.43. The molecule has 0 fully saturated rings. The van der Waals surface area contributed by atoms with Crippen LogP contribution < -0.4 is 15.0 Å². The second kappa shape index (κ2) is 6.08. The molecular weight excluding hydrogens is 274 g/mol. The van der Waals surface area contributed by atoms with Gasteiger partial charge in [0.2, 0.25) is 0 Å². The SMILES string of the molecule is CONCc1c(C)c(Br)cc(OC)c1OC. The molecule has 4 nitrogen and oxygen atoms in total. The third-order valence-corrected chi connectivity index (χ3v) is 3.21. The van der Waals surface area contributed by atoms with E-state index >= 15 is 0 Å². The first-order valence-corrected chi connectivity index (χ1v) is 5.60. The third kappa shape index (κ3) is 2.66. The summed E-state index contributed by atoms with van der Waals surface area (Å²) in [6.45, 7) is 2.57. The van der Waals surface area contributed by atoms with Crippen molar-refractivity contribution >= 4 is 15.9 Å². The Kier molecular flexibility index (Phi) is 5.05. The van der Waals surface area contributed by atoms with Crippen molar-refractivity contribution in [2.45, 2.75) is 13.5 Å². The molecule has 1 aromatic carbocycles. The van der Waals surface area contributed by atoms with Crippen molar-refractivity contribution < 1.29 is 14.3 Å². The molecule has 0 aliphatic carbocycles. The van der Waals surface area contributed by atoms with E-state index in [0.29, 0.717) is 12.3 Å². The van der Waals surface area contributed by atoms with Crippen molar-refractivity contribution in [2.75, 3.05) is 21.3 Å². The molecule has 0 unspecified atom stereocenters. The average molecular weight is 290 g/mol. The zero-order valence-corrected chi connectivity index (χ0v) is 11.5. The number of hydrogen-bond acceptors (Lipinski definition) is 4. The van der Waals surface area contributed by atoms with Crippen LogP contribution >= 0.6 is 15.9 Å². The van der Waals surface area contributed by atoms with Crippen molar-refractivity contribution in [1.29, 1.82) is 0 Å². The van der Waals surface area contributed by atoms with Gasteiger partial charge in [0.05, 0.1) is 27.9 Å². The number of rotatable bonds is 5. The lowest BCUT2D eigenvalue weighted by Crippen LogP contribution is -2.13. The molecule has 16 heavy (non-hydrogen) atoms. The molecule has 0 saturated heterocycles. The summed E-state index contributed by atoms with van der Waals surface area (Å²) in [5.41, 5.74) is 4.91. The number of hydrogen-bond donors (Lipinski definition) is 1. The van der Waals surface area contributed by atoms with Crippen LogP contribution in [0.25, 0.3) is 0 Å². The highest BCUT2D eigenvalue weighted by atomic mass is 79.9. The number of methoxy groups -OCH3 is 2.